The molecule has 0 aliphatic carbocycles. The molecule has 4 nitrogen and oxygen atoms in total. The zero-order valence-corrected chi connectivity index (χ0v) is 14.6. The molecule has 0 unspecified atom stereocenters. The van der Waals surface area contributed by atoms with Crippen LogP contribution >= 0.6 is 11.8 Å². The molecule has 0 atom stereocenters. The Labute approximate surface area is 151 Å². The fraction of sp³-hybridized carbons (Fsp3) is 0.100. The van der Waals surface area contributed by atoms with E-state index in [9.17, 15) is 4.79 Å². The van der Waals surface area contributed by atoms with Crippen molar-refractivity contribution in [3.8, 4) is 5.75 Å². The number of nitrogens with one attached hydrogen (secondary N) is 1. The molecule has 5 heteroatoms. The molecule has 0 radical (unpaired) electrons. The lowest BCUT2D eigenvalue weighted by atomic mass is 10.2. The maximum absolute atomic E-state index is 12.0. The molecule has 0 bridgehead atoms. The van der Waals surface area contributed by atoms with Crippen LogP contribution in [0.15, 0.2) is 76.6 Å². The Kier molecular flexibility index (Phi) is 5.69. The third kappa shape index (κ3) is 4.84. The number of hydrogen-bond donors (Lipinski definition) is 1. The van der Waals surface area contributed by atoms with E-state index >= 15 is 0 Å². The summed E-state index contributed by atoms with van der Waals surface area (Å²) in [7, 11) is 0. The highest BCUT2D eigenvalue weighted by molar-refractivity contribution is 8.18. The van der Waals surface area contributed by atoms with Crippen molar-refractivity contribution in [2.75, 3.05) is 6.61 Å². The number of rotatable bonds is 5. The minimum Gasteiger partial charge on any atom is -0.494 e. The highest BCUT2D eigenvalue weighted by atomic mass is 32.2. The van der Waals surface area contributed by atoms with E-state index in [1.165, 1.54) is 11.8 Å². The molecule has 126 valence electrons. The Balaban J connectivity index is 1.67. The van der Waals surface area contributed by atoms with Gasteiger partial charge in [0.2, 0.25) is 0 Å². The summed E-state index contributed by atoms with van der Waals surface area (Å²) in [5.74, 6) is 0.675. The van der Waals surface area contributed by atoms with Crippen molar-refractivity contribution in [3.05, 3.63) is 77.2 Å². The summed E-state index contributed by atoms with van der Waals surface area (Å²) in [4.78, 5) is 17.1. The number of aliphatic imine (C=N–C) groups is 1. The van der Waals surface area contributed by atoms with Gasteiger partial charge in [-0.2, -0.15) is 0 Å². The second-order valence-electron chi connectivity index (χ2n) is 5.20. The van der Waals surface area contributed by atoms with Gasteiger partial charge < -0.3 is 10.1 Å². The number of ether oxygens (including phenoxy) is 1. The average molecular weight is 350 g/mol. The van der Waals surface area contributed by atoms with Crippen molar-refractivity contribution in [1.29, 1.82) is 0 Å². The summed E-state index contributed by atoms with van der Waals surface area (Å²) in [5, 5.41) is 3.36. The van der Waals surface area contributed by atoms with Gasteiger partial charge in [-0.1, -0.05) is 42.5 Å². The molecule has 1 aliphatic rings. The second kappa shape index (κ2) is 8.35. The largest absolute Gasteiger partial charge is 0.494 e. The predicted octanol–water partition coefficient (Wildman–Crippen LogP) is 4.53. The molecule has 1 saturated heterocycles. The molecule has 2 aromatic carbocycles. The standard InChI is InChI=1S/C20H18N2O2S/c1-2-24-17-13-11-16(12-14-17)21-20-22-19(23)18(25-20)10-6-9-15-7-4-3-5-8-15/h3-14H,2H2,1H3,(H,21,22,23)/b9-6?,18-10+. The Hall–Kier alpha value is -2.79. The van der Waals surface area contributed by atoms with Crippen LogP contribution in [0, 0.1) is 0 Å². The molecule has 3 rings (SSSR count). The topological polar surface area (TPSA) is 50.7 Å². The molecule has 2 aromatic rings. The normalized spacial score (nSPS) is 17.4. The fourth-order valence-electron chi connectivity index (χ4n) is 2.21. The summed E-state index contributed by atoms with van der Waals surface area (Å²) >= 11 is 1.33. The lowest BCUT2D eigenvalue weighted by molar-refractivity contribution is -0.115. The third-order valence-corrected chi connectivity index (χ3v) is 4.29. The summed E-state index contributed by atoms with van der Waals surface area (Å²) in [6.45, 7) is 2.57. The molecule has 0 saturated carbocycles. The number of carbonyl (C=O) groups is 1. The van der Waals surface area contributed by atoms with Gasteiger partial charge in [-0.25, -0.2) is 4.99 Å². The number of allylic oxidation sites excluding steroid dienone is 2. The maximum Gasteiger partial charge on any atom is 0.264 e. The molecule has 25 heavy (non-hydrogen) atoms. The first kappa shape index (κ1) is 17.0. The molecule has 1 amide bonds. The first-order chi connectivity index (χ1) is 12.2. The van der Waals surface area contributed by atoms with Gasteiger partial charge in [0.25, 0.3) is 5.91 Å². The molecule has 1 N–H and O–H groups in total. The van der Waals surface area contributed by atoms with Crippen LogP contribution in [0.4, 0.5) is 5.69 Å². The maximum atomic E-state index is 12.0. The van der Waals surface area contributed by atoms with E-state index in [1.54, 1.807) is 6.08 Å². The number of amides is 1. The zero-order valence-electron chi connectivity index (χ0n) is 13.8. The van der Waals surface area contributed by atoms with Gasteiger partial charge in [0.15, 0.2) is 5.17 Å². The summed E-state index contributed by atoms with van der Waals surface area (Å²) in [6.07, 6.45) is 5.63. The van der Waals surface area contributed by atoms with Crippen molar-refractivity contribution in [2.24, 2.45) is 4.99 Å². The van der Waals surface area contributed by atoms with Crippen molar-refractivity contribution in [2.45, 2.75) is 6.92 Å². The fourth-order valence-corrected chi connectivity index (χ4v) is 3.00. The smallest absolute Gasteiger partial charge is 0.264 e. The first-order valence-corrected chi connectivity index (χ1v) is 8.80. The summed E-state index contributed by atoms with van der Waals surface area (Å²) in [5.41, 5.74) is 1.86. The van der Waals surface area contributed by atoms with E-state index in [2.05, 4.69) is 10.3 Å². The molecule has 1 fully saturated rings. The number of thioether (sulfide) groups is 1. The van der Waals surface area contributed by atoms with Gasteiger partial charge in [-0.05, 0) is 54.6 Å². The summed E-state index contributed by atoms with van der Waals surface area (Å²) in [6, 6.07) is 17.4. The van der Waals surface area contributed by atoms with Gasteiger partial charge in [0, 0.05) is 0 Å². The highest BCUT2D eigenvalue weighted by Gasteiger charge is 2.23. The van der Waals surface area contributed by atoms with E-state index in [4.69, 9.17) is 4.74 Å². The molecular weight excluding hydrogens is 332 g/mol. The number of amidine groups is 1. The lowest BCUT2D eigenvalue weighted by Crippen LogP contribution is -2.19. The summed E-state index contributed by atoms with van der Waals surface area (Å²) < 4.78 is 5.41. The van der Waals surface area contributed by atoms with Crippen LogP contribution in [0.5, 0.6) is 5.75 Å². The minimum absolute atomic E-state index is 0.132. The minimum atomic E-state index is -0.132. The SMILES string of the molecule is CCOc1ccc(N=C2NC(=O)/C(=C\C=Cc3ccccc3)S2)cc1. The van der Waals surface area contributed by atoms with E-state index in [0.717, 1.165) is 17.0 Å². The Bertz CT molecular complexity index is 825. The van der Waals surface area contributed by atoms with Crippen molar-refractivity contribution >= 4 is 34.6 Å². The van der Waals surface area contributed by atoms with Gasteiger partial charge >= 0.3 is 0 Å². The van der Waals surface area contributed by atoms with Crippen LogP contribution < -0.4 is 10.1 Å². The number of carbonyl (C=O) groups excluding carboxylic acids is 1. The first-order valence-electron chi connectivity index (χ1n) is 7.99. The third-order valence-electron chi connectivity index (χ3n) is 3.37. The molecule has 0 spiro atoms. The molecule has 0 aromatic heterocycles. The van der Waals surface area contributed by atoms with Crippen LogP contribution in [0.3, 0.4) is 0 Å². The Morgan fingerprint density at radius 1 is 1.12 bits per heavy atom. The monoisotopic (exact) mass is 350 g/mol. The number of nitrogens with zero attached hydrogens (tertiary/aromatic N) is 1. The Morgan fingerprint density at radius 2 is 1.88 bits per heavy atom. The molecule has 1 heterocycles. The average Bonchev–Trinajstić information content (AvgIpc) is 2.97. The van der Waals surface area contributed by atoms with Crippen LogP contribution in [0.2, 0.25) is 0 Å². The molecule has 1 aliphatic heterocycles. The lowest BCUT2D eigenvalue weighted by Gasteiger charge is -2.02. The second-order valence-corrected chi connectivity index (χ2v) is 6.23. The van der Waals surface area contributed by atoms with E-state index < -0.39 is 0 Å². The van der Waals surface area contributed by atoms with E-state index in [1.807, 2.05) is 73.7 Å². The van der Waals surface area contributed by atoms with E-state index in [-0.39, 0.29) is 5.91 Å². The van der Waals surface area contributed by atoms with Crippen molar-refractivity contribution in [3.63, 3.8) is 0 Å². The highest BCUT2D eigenvalue weighted by Crippen LogP contribution is 2.27. The number of hydrogen-bond acceptors (Lipinski definition) is 4. The van der Waals surface area contributed by atoms with Gasteiger partial charge in [0.05, 0.1) is 17.2 Å². The van der Waals surface area contributed by atoms with Gasteiger partial charge in [0.1, 0.15) is 5.75 Å². The van der Waals surface area contributed by atoms with Gasteiger partial charge in [-0.15, -0.1) is 0 Å². The van der Waals surface area contributed by atoms with Gasteiger partial charge in [-0.3, -0.25) is 4.79 Å². The quantitative estimate of drug-likeness (QED) is 0.806. The zero-order chi connectivity index (χ0) is 17.5. The van der Waals surface area contributed by atoms with Crippen molar-refractivity contribution < 1.29 is 9.53 Å². The van der Waals surface area contributed by atoms with Crippen LogP contribution in [-0.4, -0.2) is 17.7 Å². The Morgan fingerprint density at radius 3 is 2.60 bits per heavy atom. The van der Waals surface area contributed by atoms with E-state index in [0.29, 0.717) is 16.7 Å². The predicted molar refractivity (Wildman–Crippen MR) is 104 cm³/mol. The van der Waals surface area contributed by atoms with Crippen LogP contribution in [0.25, 0.3) is 6.08 Å². The molecular formula is C20H18N2O2S. The van der Waals surface area contributed by atoms with Crippen LogP contribution in [0.1, 0.15) is 12.5 Å². The number of benzene rings is 2. The van der Waals surface area contributed by atoms with Crippen molar-refractivity contribution in [1.82, 2.24) is 5.32 Å². The van der Waals surface area contributed by atoms with Crippen LogP contribution in [-0.2, 0) is 4.79 Å².